The molecule has 0 spiro atoms. The number of benzene rings is 2. The summed E-state index contributed by atoms with van der Waals surface area (Å²) in [5, 5.41) is 0. The summed E-state index contributed by atoms with van der Waals surface area (Å²) in [6.07, 6.45) is 2.64. The van der Waals surface area contributed by atoms with E-state index in [4.69, 9.17) is 9.47 Å². The van der Waals surface area contributed by atoms with E-state index < -0.39 is 35.3 Å². The van der Waals surface area contributed by atoms with Crippen LogP contribution in [0.5, 0.6) is 0 Å². The molecule has 29 heavy (non-hydrogen) atoms. The van der Waals surface area contributed by atoms with Crippen molar-refractivity contribution in [3.63, 3.8) is 0 Å². The van der Waals surface area contributed by atoms with E-state index in [-0.39, 0.29) is 16.8 Å². The van der Waals surface area contributed by atoms with Crippen LogP contribution >= 0.6 is 0 Å². The fourth-order valence-corrected chi connectivity index (χ4v) is 3.07. The second-order valence-electron chi connectivity index (χ2n) is 6.15. The summed E-state index contributed by atoms with van der Waals surface area (Å²) in [6, 6.07) is 8.51. The monoisotopic (exact) mass is 403 g/mol. The van der Waals surface area contributed by atoms with Crippen molar-refractivity contribution < 1.29 is 32.2 Å². The van der Waals surface area contributed by atoms with Crippen LogP contribution in [0.2, 0.25) is 0 Å². The number of carbonyl (C=O) groups excluding carboxylic acids is 2. The first-order valence-corrected chi connectivity index (χ1v) is 8.44. The summed E-state index contributed by atoms with van der Waals surface area (Å²) in [4.78, 5) is 26.2. The number of anilines is 1. The minimum atomic E-state index is -1.10. The van der Waals surface area contributed by atoms with Gasteiger partial charge < -0.3 is 14.4 Å². The molecule has 0 N–H and O–H groups in total. The molecule has 8 heteroatoms. The smallest absolute Gasteiger partial charge is 0.336 e. The van der Waals surface area contributed by atoms with Crippen molar-refractivity contribution in [2.75, 3.05) is 19.1 Å². The molecule has 5 nitrogen and oxygen atoms in total. The Balaban J connectivity index is 2.19. The third-order valence-corrected chi connectivity index (χ3v) is 4.40. The lowest BCUT2D eigenvalue weighted by atomic mass is 9.83. The number of methoxy groups -OCH3 is 2. The van der Waals surface area contributed by atoms with Gasteiger partial charge in [-0.05, 0) is 29.8 Å². The summed E-state index contributed by atoms with van der Waals surface area (Å²) < 4.78 is 50.4. The topological polar surface area (TPSA) is 55.8 Å². The van der Waals surface area contributed by atoms with Gasteiger partial charge in [0.2, 0.25) is 0 Å². The maximum atomic E-state index is 13.8. The van der Waals surface area contributed by atoms with Crippen LogP contribution in [0.1, 0.15) is 11.5 Å². The molecule has 0 atom stereocenters. The van der Waals surface area contributed by atoms with E-state index in [1.165, 1.54) is 41.6 Å². The molecule has 2 aromatic carbocycles. The van der Waals surface area contributed by atoms with Gasteiger partial charge in [0.25, 0.3) is 0 Å². The second kappa shape index (κ2) is 8.22. The minimum absolute atomic E-state index is 0.00858. The predicted molar refractivity (Wildman–Crippen MR) is 98.2 cm³/mol. The lowest BCUT2D eigenvalue weighted by molar-refractivity contribution is -0.137. The fourth-order valence-electron chi connectivity index (χ4n) is 3.07. The number of halogens is 3. The van der Waals surface area contributed by atoms with Crippen LogP contribution in [-0.2, 0) is 19.1 Å². The maximum absolute atomic E-state index is 13.8. The molecule has 1 aliphatic heterocycles. The molecule has 0 saturated carbocycles. The van der Waals surface area contributed by atoms with E-state index in [0.717, 1.165) is 26.4 Å². The molecular formula is C21H16F3NO4. The van der Waals surface area contributed by atoms with Crippen molar-refractivity contribution in [1.82, 2.24) is 0 Å². The third-order valence-electron chi connectivity index (χ3n) is 4.40. The van der Waals surface area contributed by atoms with Crippen molar-refractivity contribution in [2.45, 2.75) is 5.92 Å². The van der Waals surface area contributed by atoms with Crippen LogP contribution in [0, 0.1) is 17.5 Å². The first-order valence-electron chi connectivity index (χ1n) is 8.44. The second-order valence-corrected chi connectivity index (χ2v) is 6.15. The summed E-state index contributed by atoms with van der Waals surface area (Å²) in [6.45, 7) is 0. The van der Waals surface area contributed by atoms with E-state index in [1.807, 2.05) is 0 Å². The number of ether oxygens (including phenoxy) is 2. The molecule has 0 saturated heterocycles. The Morgan fingerprint density at radius 3 is 2.00 bits per heavy atom. The molecule has 2 aromatic rings. The van der Waals surface area contributed by atoms with Crippen LogP contribution in [0.15, 0.2) is 66.0 Å². The van der Waals surface area contributed by atoms with Gasteiger partial charge in [0, 0.05) is 24.2 Å². The highest BCUT2D eigenvalue weighted by molar-refractivity contribution is 5.99. The quantitative estimate of drug-likeness (QED) is 0.727. The zero-order valence-corrected chi connectivity index (χ0v) is 15.5. The number of hydrogen-bond acceptors (Lipinski definition) is 5. The van der Waals surface area contributed by atoms with Crippen LogP contribution in [-0.4, -0.2) is 26.2 Å². The van der Waals surface area contributed by atoms with Crippen LogP contribution in [0.4, 0.5) is 18.9 Å². The largest absolute Gasteiger partial charge is 0.466 e. The average molecular weight is 403 g/mol. The molecule has 150 valence electrons. The molecule has 1 heterocycles. The maximum Gasteiger partial charge on any atom is 0.336 e. The highest BCUT2D eigenvalue weighted by Crippen LogP contribution is 2.38. The van der Waals surface area contributed by atoms with Crippen LogP contribution in [0.25, 0.3) is 0 Å². The van der Waals surface area contributed by atoms with Gasteiger partial charge in [0.15, 0.2) is 11.6 Å². The van der Waals surface area contributed by atoms with Gasteiger partial charge >= 0.3 is 11.9 Å². The number of carbonyl (C=O) groups is 2. The molecular weight excluding hydrogens is 387 g/mol. The van der Waals surface area contributed by atoms with Gasteiger partial charge in [0.1, 0.15) is 5.82 Å². The molecule has 0 radical (unpaired) electrons. The van der Waals surface area contributed by atoms with Crippen LogP contribution < -0.4 is 4.90 Å². The molecule has 0 aromatic heterocycles. The molecule has 1 aliphatic rings. The Morgan fingerprint density at radius 1 is 0.862 bits per heavy atom. The minimum Gasteiger partial charge on any atom is -0.466 e. The predicted octanol–water partition coefficient (Wildman–Crippen LogP) is 3.82. The molecule has 0 unspecified atom stereocenters. The van der Waals surface area contributed by atoms with Gasteiger partial charge in [-0.2, -0.15) is 0 Å². The standard InChI is InChI=1S/C21H16F3NO4/c1-28-20(26)15-10-25(14-6-7-17(23)18(24)9-14)11-16(21(27)29-2)19(15)12-4-3-5-13(22)8-12/h3-11,19H,1-2H3. The Kier molecular flexibility index (Phi) is 5.72. The van der Waals surface area contributed by atoms with Crippen molar-refractivity contribution >= 4 is 17.6 Å². The highest BCUT2D eigenvalue weighted by Gasteiger charge is 2.35. The Labute approximate surface area is 164 Å². The van der Waals surface area contributed by atoms with E-state index >= 15 is 0 Å². The van der Waals surface area contributed by atoms with E-state index in [2.05, 4.69) is 0 Å². The van der Waals surface area contributed by atoms with E-state index in [1.54, 1.807) is 6.07 Å². The first-order chi connectivity index (χ1) is 13.8. The van der Waals surface area contributed by atoms with Crippen molar-refractivity contribution in [3.8, 4) is 0 Å². The van der Waals surface area contributed by atoms with Crippen molar-refractivity contribution in [3.05, 3.63) is 89.0 Å². The lowest BCUT2D eigenvalue weighted by Crippen LogP contribution is -2.28. The van der Waals surface area contributed by atoms with Gasteiger partial charge in [-0.3, -0.25) is 0 Å². The summed E-state index contributed by atoms with van der Waals surface area (Å²) in [5.74, 6) is -5.23. The van der Waals surface area contributed by atoms with Crippen LogP contribution in [0.3, 0.4) is 0 Å². The van der Waals surface area contributed by atoms with Crippen molar-refractivity contribution in [1.29, 1.82) is 0 Å². The third kappa shape index (κ3) is 4.01. The lowest BCUT2D eigenvalue weighted by Gasteiger charge is -2.30. The SMILES string of the molecule is COC(=O)C1=CN(c2ccc(F)c(F)c2)C=C(C(=O)OC)C1c1cccc(F)c1. The number of hydrogen-bond donors (Lipinski definition) is 0. The number of esters is 2. The molecule has 0 amide bonds. The highest BCUT2D eigenvalue weighted by atomic mass is 19.2. The Bertz CT molecular complexity index is 998. The zero-order chi connectivity index (χ0) is 21.1. The van der Waals surface area contributed by atoms with Gasteiger partial charge in [-0.25, -0.2) is 22.8 Å². The fraction of sp³-hybridized carbons (Fsp3) is 0.143. The van der Waals surface area contributed by atoms with E-state index in [0.29, 0.717) is 5.56 Å². The molecule has 0 bridgehead atoms. The summed E-state index contributed by atoms with van der Waals surface area (Å²) in [5.41, 5.74) is 0.462. The summed E-state index contributed by atoms with van der Waals surface area (Å²) in [7, 11) is 2.31. The van der Waals surface area contributed by atoms with E-state index in [9.17, 15) is 22.8 Å². The summed E-state index contributed by atoms with van der Waals surface area (Å²) >= 11 is 0. The zero-order valence-electron chi connectivity index (χ0n) is 15.5. The van der Waals surface area contributed by atoms with Gasteiger partial charge in [0.05, 0.1) is 31.3 Å². The number of rotatable bonds is 4. The number of nitrogens with zero attached hydrogens (tertiary/aromatic N) is 1. The molecule has 0 fully saturated rings. The Hall–Kier alpha value is -3.55. The molecule has 3 rings (SSSR count). The average Bonchev–Trinajstić information content (AvgIpc) is 2.73. The van der Waals surface area contributed by atoms with Gasteiger partial charge in [-0.1, -0.05) is 12.1 Å². The normalized spacial score (nSPS) is 14.2. The van der Waals surface area contributed by atoms with Gasteiger partial charge in [-0.15, -0.1) is 0 Å². The van der Waals surface area contributed by atoms with Crippen molar-refractivity contribution in [2.24, 2.45) is 0 Å². The Morgan fingerprint density at radius 2 is 1.48 bits per heavy atom. The first kappa shape index (κ1) is 20.2. The molecule has 0 aliphatic carbocycles.